The number of nitrogens with two attached hydrogens (primary N) is 1. The van der Waals surface area contributed by atoms with Gasteiger partial charge in [0.05, 0.1) is 5.69 Å². The van der Waals surface area contributed by atoms with Crippen LogP contribution in [-0.2, 0) is 13.1 Å². The van der Waals surface area contributed by atoms with Crippen LogP contribution in [-0.4, -0.2) is 22.5 Å². The maximum atomic E-state index is 5.60. The fraction of sp³-hybridized carbons (Fsp3) is 0.667. The summed E-state index contributed by atoms with van der Waals surface area (Å²) < 4.78 is 0. The van der Waals surface area contributed by atoms with Crippen molar-refractivity contribution in [3.8, 4) is 0 Å². The van der Waals surface area contributed by atoms with Crippen molar-refractivity contribution in [1.82, 2.24) is 9.88 Å². The SMILES string of the molecule is CCCC1CCCCN1Cc1ccc(CN)cn1. The van der Waals surface area contributed by atoms with Gasteiger partial charge in [0.25, 0.3) is 0 Å². The Bertz CT molecular complexity index is 345. The molecule has 0 saturated carbocycles. The lowest BCUT2D eigenvalue weighted by atomic mass is 9.98. The molecule has 0 bridgehead atoms. The lowest BCUT2D eigenvalue weighted by molar-refractivity contribution is 0.130. The van der Waals surface area contributed by atoms with Crippen molar-refractivity contribution < 1.29 is 0 Å². The van der Waals surface area contributed by atoms with Gasteiger partial charge in [-0.2, -0.15) is 0 Å². The molecule has 18 heavy (non-hydrogen) atoms. The van der Waals surface area contributed by atoms with Crippen molar-refractivity contribution in [2.24, 2.45) is 5.73 Å². The summed E-state index contributed by atoms with van der Waals surface area (Å²) in [6.07, 6.45) is 8.59. The third-order valence-corrected chi connectivity index (χ3v) is 3.86. The van der Waals surface area contributed by atoms with E-state index >= 15 is 0 Å². The van der Waals surface area contributed by atoms with Crippen LogP contribution < -0.4 is 5.73 Å². The molecule has 0 aliphatic carbocycles. The van der Waals surface area contributed by atoms with E-state index in [-0.39, 0.29) is 0 Å². The molecular formula is C15H25N3. The van der Waals surface area contributed by atoms with Gasteiger partial charge in [-0.05, 0) is 37.4 Å². The van der Waals surface area contributed by atoms with Crippen molar-refractivity contribution in [2.45, 2.75) is 58.2 Å². The van der Waals surface area contributed by atoms with Gasteiger partial charge in [0.1, 0.15) is 0 Å². The van der Waals surface area contributed by atoms with E-state index in [4.69, 9.17) is 5.73 Å². The summed E-state index contributed by atoms with van der Waals surface area (Å²) in [7, 11) is 0. The second-order valence-corrected chi connectivity index (χ2v) is 5.27. The zero-order chi connectivity index (χ0) is 12.8. The summed E-state index contributed by atoms with van der Waals surface area (Å²) in [6, 6.07) is 4.99. The molecular weight excluding hydrogens is 222 g/mol. The Morgan fingerprint density at radius 3 is 2.94 bits per heavy atom. The molecule has 1 aliphatic heterocycles. The summed E-state index contributed by atoms with van der Waals surface area (Å²) in [5.41, 5.74) is 7.88. The third kappa shape index (κ3) is 3.53. The van der Waals surface area contributed by atoms with E-state index in [1.807, 2.05) is 6.20 Å². The molecule has 1 aliphatic rings. The Morgan fingerprint density at radius 1 is 1.39 bits per heavy atom. The van der Waals surface area contributed by atoms with Crippen molar-refractivity contribution in [3.05, 3.63) is 29.6 Å². The van der Waals surface area contributed by atoms with Gasteiger partial charge in [-0.25, -0.2) is 0 Å². The molecule has 1 aromatic heterocycles. The quantitative estimate of drug-likeness (QED) is 0.870. The second-order valence-electron chi connectivity index (χ2n) is 5.27. The topological polar surface area (TPSA) is 42.1 Å². The normalized spacial score (nSPS) is 21.1. The van der Waals surface area contributed by atoms with Crippen molar-refractivity contribution >= 4 is 0 Å². The Labute approximate surface area is 110 Å². The molecule has 2 N–H and O–H groups in total. The van der Waals surface area contributed by atoms with Crippen LogP contribution in [0, 0.1) is 0 Å². The summed E-state index contributed by atoms with van der Waals surface area (Å²) >= 11 is 0. The molecule has 0 spiro atoms. The van der Waals surface area contributed by atoms with E-state index in [0.717, 1.165) is 18.2 Å². The lowest BCUT2D eigenvalue weighted by Gasteiger charge is -2.35. The molecule has 100 valence electrons. The summed E-state index contributed by atoms with van der Waals surface area (Å²) in [4.78, 5) is 7.13. The molecule has 0 aromatic carbocycles. The van der Waals surface area contributed by atoms with E-state index in [1.54, 1.807) is 0 Å². The fourth-order valence-electron chi connectivity index (χ4n) is 2.81. The largest absolute Gasteiger partial charge is 0.326 e. The van der Waals surface area contributed by atoms with Crippen LogP contribution in [0.25, 0.3) is 0 Å². The minimum Gasteiger partial charge on any atom is -0.326 e. The Morgan fingerprint density at radius 2 is 2.28 bits per heavy atom. The van der Waals surface area contributed by atoms with Crippen LogP contribution >= 0.6 is 0 Å². The molecule has 1 unspecified atom stereocenters. The lowest BCUT2D eigenvalue weighted by Crippen LogP contribution is -2.38. The number of likely N-dealkylation sites (tertiary alicyclic amines) is 1. The van der Waals surface area contributed by atoms with Gasteiger partial charge >= 0.3 is 0 Å². The Kier molecular flexibility index (Phi) is 5.14. The molecule has 1 atom stereocenters. The minimum absolute atomic E-state index is 0.579. The van der Waals surface area contributed by atoms with E-state index in [9.17, 15) is 0 Å². The van der Waals surface area contributed by atoms with Gasteiger partial charge < -0.3 is 5.73 Å². The van der Waals surface area contributed by atoms with E-state index in [0.29, 0.717) is 6.54 Å². The van der Waals surface area contributed by atoms with Crippen LogP contribution in [0.15, 0.2) is 18.3 Å². The molecule has 1 aromatic rings. The minimum atomic E-state index is 0.579. The first-order valence-corrected chi connectivity index (χ1v) is 7.21. The summed E-state index contributed by atoms with van der Waals surface area (Å²) in [5.74, 6) is 0. The highest BCUT2D eigenvalue weighted by Gasteiger charge is 2.21. The average Bonchev–Trinajstić information content (AvgIpc) is 2.42. The van der Waals surface area contributed by atoms with Crippen molar-refractivity contribution in [3.63, 3.8) is 0 Å². The number of aromatic nitrogens is 1. The number of hydrogen-bond acceptors (Lipinski definition) is 3. The van der Waals surface area contributed by atoms with Crippen LogP contribution in [0.5, 0.6) is 0 Å². The smallest absolute Gasteiger partial charge is 0.0544 e. The Hall–Kier alpha value is -0.930. The van der Waals surface area contributed by atoms with Crippen molar-refractivity contribution in [1.29, 1.82) is 0 Å². The van der Waals surface area contributed by atoms with Gasteiger partial charge in [-0.15, -0.1) is 0 Å². The van der Waals surface area contributed by atoms with Crippen LogP contribution in [0.3, 0.4) is 0 Å². The van der Waals surface area contributed by atoms with Crippen LogP contribution in [0.4, 0.5) is 0 Å². The van der Waals surface area contributed by atoms with E-state index in [2.05, 4.69) is 28.9 Å². The van der Waals surface area contributed by atoms with Crippen molar-refractivity contribution in [2.75, 3.05) is 6.54 Å². The first-order chi connectivity index (χ1) is 8.83. The predicted molar refractivity (Wildman–Crippen MR) is 75.1 cm³/mol. The van der Waals surface area contributed by atoms with Gasteiger partial charge in [-0.1, -0.05) is 25.8 Å². The van der Waals surface area contributed by atoms with Gasteiger partial charge in [0, 0.05) is 25.3 Å². The first-order valence-electron chi connectivity index (χ1n) is 7.21. The summed E-state index contributed by atoms with van der Waals surface area (Å²) in [6.45, 7) is 5.08. The van der Waals surface area contributed by atoms with Crippen LogP contribution in [0.1, 0.15) is 50.3 Å². The molecule has 3 nitrogen and oxygen atoms in total. The molecule has 2 heterocycles. The highest BCUT2D eigenvalue weighted by Crippen LogP contribution is 2.22. The molecule has 1 saturated heterocycles. The molecule has 0 radical (unpaired) electrons. The maximum absolute atomic E-state index is 5.60. The standard InChI is InChI=1S/C15H25N3/c1-2-5-15-6-3-4-9-18(15)12-14-8-7-13(10-16)11-17-14/h7-8,11,15H,2-6,9-10,12,16H2,1H3. The Balaban J connectivity index is 1.96. The zero-order valence-electron chi connectivity index (χ0n) is 11.4. The van der Waals surface area contributed by atoms with Gasteiger partial charge in [-0.3, -0.25) is 9.88 Å². The van der Waals surface area contributed by atoms with Gasteiger partial charge in [0.15, 0.2) is 0 Å². The molecule has 1 fully saturated rings. The second kappa shape index (κ2) is 6.86. The monoisotopic (exact) mass is 247 g/mol. The van der Waals surface area contributed by atoms with Crippen LogP contribution in [0.2, 0.25) is 0 Å². The summed E-state index contributed by atoms with van der Waals surface area (Å²) in [5, 5.41) is 0. The highest BCUT2D eigenvalue weighted by molar-refractivity contribution is 5.13. The van der Waals surface area contributed by atoms with E-state index < -0.39 is 0 Å². The number of pyridine rings is 1. The number of rotatable bonds is 5. The molecule has 0 amide bonds. The fourth-order valence-corrected chi connectivity index (χ4v) is 2.81. The number of piperidine rings is 1. The van der Waals surface area contributed by atoms with Gasteiger partial charge in [0.2, 0.25) is 0 Å². The first kappa shape index (κ1) is 13.5. The predicted octanol–water partition coefficient (Wildman–Crippen LogP) is 2.69. The maximum Gasteiger partial charge on any atom is 0.0544 e. The number of hydrogen-bond donors (Lipinski definition) is 1. The van der Waals surface area contributed by atoms with E-state index in [1.165, 1.54) is 44.3 Å². The molecule has 3 heteroatoms. The molecule has 2 rings (SSSR count). The zero-order valence-corrected chi connectivity index (χ0v) is 11.4. The number of nitrogens with zero attached hydrogens (tertiary/aromatic N) is 2. The third-order valence-electron chi connectivity index (χ3n) is 3.86. The average molecular weight is 247 g/mol. The highest BCUT2D eigenvalue weighted by atomic mass is 15.2.